The van der Waals surface area contributed by atoms with E-state index in [1.165, 1.54) is 5.56 Å². The van der Waals surface area contributed by atoms with Crippen LogP contribution >= 0.6 is 0 Å². The quantitative estimate of drug-likeness (QED) is 0.711. The van der Waals surface area contributed by atoms with Gasteiger partial charge in [0, 0.05) is 38.8 Å². The molecule has 0 bridgehead atoms. The van der Waals surface area contributed by atoms with Crippen LogP contribution in [0.2, 0.25) is 0 Å². The van der Waals surface area contributed by atoms with Crippen molar-refractivity contribution >= 4 is 5.91 Å². The summed E-state index contributed by atoms with van der Waals surface area (Å²) in [4.78, 5) is 17.6. The normalized spacial score (nSPS) is 19.3. The Kier molecular flexibility index (Phi) is 7.63. The van der Waals surface area contributed by atoms with Crippen LogP contribution in [0.1, 0.15) is 42.9 Å². The summed E-state index contributed by atoms with van der Waals surface area (Å²) < 4.78 is 0. The van der Waals surface area contributed by atoms with E-state index in [1.807, 2.05) is 30.3 Å². The SMILES string of the molecule is CC[C@H](C(=O)NCCCN1CCN(C)C[C@H]1c1ccccc1)c1ccccc1. The summed E-state index contributed by atoms with van der Waals surface area (Å²) in [5.41, 5.74) is 2.49. The molecule has 1 aliphatic heterocycles. The second-order valence-corrected chi connectivity index (χ2v) is 7.74. The van der Waals surface area contributed by atoms with Gasteiger partial charge in [0.25, 0.3) is 0 Å². The number of piperazine rings is 1. The maximum absolute atomic E-state index is 12.6. The van der Waals surface area contributed by atoms with E-state index in [0.717, 1.165) is 51.1 Å². The molecule has 150 valence electrons. The van der Waals surface area contributed by atoms with Crippen molar-refractivity contribution in [2.45, 2.75) is 31.7 Å². The molecule has 1 heterocycles. The van der Waals surface area contributed by atoms with Crippen molar-refractivity contribution < 1.29 is 4.79 Å². The minimum Gasteiger partial charge on any atom is -0.356 e. The predicted octanol–water partition coefficient (Wildman–Crippen LogP) is 3.68. The van der Waals surface area contributed by atoms with Gasteiger partial charge >= 0.3 is 0 Å². The van der Waals surface area contributed by atoms with Crippen LogP contribution in [0.4, 0.5) is 0 Å². The number of amides is 1. The molecule has 2 aromatic carbocycles. The molecule has 4 heteroatoms. The first kappa shape index (κ1) is 20.6. The third-order valence-corrected chi connectivity index (χ3v) is 5.73. The van der Waals surface area contributed by atoms with Gasteiger partial charge in [-0.1, -0.05) is 67.6 Å². The Balaban J connectivity index is 1.50. The van der Waals surface area contributed by atoms with Gasteiger partial charge in [0.15, 0.2) is 0 Å². The Morgan fingerprint density at radius 3 is 2.43 bits per heavy atom. The molecule has 1 saturated heterocycles. The fourth-order valence-corrected chi connectivity index (χ4v) is 4.09. The smallest absolute Gasteiger partial charge is 0.227 e. The van der Waals surface area contributed by atoms with Gasteiger partial charge in [-0.05, 0) is 31.0 Å². The zero-order chi connectivity index (χ0) is 19.8. The molecule has 0 radical (unpaired) electrons. The van der Waals surface area contributed by atoms with Crippen molar-refractivity contribution in [3.63, 3.8) is 0 Å². The van der Waals surface area contributed by atoms with Crippen LogP contribution < -0.4 is 5.32 Å². The zero-order valence-electron chi connectivity index (χ0n) is 17.2. The molecule has 4 nitrogen and oxygen atoms in total. The first-order valence-corrected chi connectivity index (χ1v) is 10.5. The van der Waals surface area contributed by atoms with Crippen molar-refractivity contribution in [3.8, 4) is 0 Å². The van der Waals surface area contributed by atoms with Gasteiger partial charge in [0.05, 0.1) is 5.92 Å². The number of hydrogen-bond donors (Lipinski definition) is 1. The highest BCUT2D eigenvalue weighted by molar-refractivity contribution is 5.83. The molecule has 3 rings (SSSR count). The summed E-state index contributed by atoms with van der Waals surface area (Å²) in [7, 11) is 2.20. The lowest BCUT2D eigenvalue weighted by Gasteiger charge is -2.40. The van der Waals surface area contributed by atoms with Gasteiger partial charge in [0.1, 0.15) is 0 Å². The molecule has 1 aliphatic rings. The summed E-state index contributed by atoms with van der Waals surface area (Å²) in [5, 5.41) is 3.16. The molecule has 1 N–H and O–H groups in total. The van der Waals surface area contributed by atoms with E-state index in [9.17, 15) is 4.79 Å². The maximum atomic E-state index is 12.6. The lowest BCUT2D eigenvalue weighted by molar-refractivity contribution is -0.122. The van der Waals surface area contributed by atoms with Crippen LogP contribution in [0.15, 0.2) is 60.7 Å². The fraction of sp³-hybridized carbons (Fsp3) is 0.458. The molecule has 2 atom stereocenters. The summed E-state index contributed by atoms with van der Waals surface area (Å²) in [5.74, 6) is 0.0913. The second-order valence-electron chi connectivity index (χ2n) is 7.74. The van der Waals surface area contributed by atoms with Gasteiger partial charge < -0.3 is 10.2 Å². The van der Waals surface area contributed by atoms with Gasteiger partial charge in [-0.25, -0.2) is 0 Å². The number of benzene rings is 2. The van der Waals surface area contributed by atoms with Crippen LogP contribution in [-0.2, 0) is 4.79 Å². The first-order valence-electron chi connectivity index (χ1n) is 10.5. The number of nitrogens with zero attached hydrogens (tertiary/aromatic N) is 2. The molecule has 0 aliphatic carbocycles. The Bertz CT molecular complexity index is 719. The number of carbonyl (C=O) groups is 1. The highest BCUT2D eigenvalue weighted by atomic mass is 16.1. The van der Waals surface area contributed by atoms with Crippen LogP contribution in [0, 0.1) is 0 Å². The van der Waals surface area contributed by atoms with Gasteiger partial charge in [-0.15, -0.1) is 0 Å². The van der Waals surface area contributed by atoms with E-state index in [-0.39, 0.29) is 11.8 Å². The standard InChI is InChI=1S/C24H33N3O/c1-3-22(20-11-6-4-7-12-20)24(28)25-15-10-16-27-18-17-26(2)19-23(27)21-13-8-5-9-14-21/h4-9,11-14,22-23H,3,10,15-19H2,1-2H3,(H,25,28)/t22-,23-/m0/s1. The van der Waals surface area contributed by atoms with Gasteiger partial charge in [0.2, 0.25) is 5.91 Å². The Morgan fingerprint density at radius 2 is 1.75 bits per heavy atom. The van der Waals surface area contributed by atoms with E-state index >= 15 is 0 Å². The first-order chi connectivity index (χ1) is 13.7. The number of rotatable bonds is 8. The maximum Gasteiger partial charge on any atom is 0.227 e. The van der Waals surface area contributed by atoms with E-state index in [1.54, 1.807) is 0 Å². The van der Waals surface area contributed by atoms with Crippen molar-refractivity contribution in [2.24, 2.45) is 0 Å². The summed E-state index contributed by atoms with van der Waals surface area (Å²) in [6.45, 7) is 7.05. The van der Waals surface area contributed by atoms with Crippen LogP contribution in [-0.4, -0.2) is 55.5 Å². The van der Waals surface area contributed by atoms with E-state index in [2.05, 4.69) is 59.4 Å². The lowest BCUT2D eigenvalue weighted by atomic mass is 9.95. The Morgan fingerprint density at radius 1 is 1.07 bits per heavy atom. The van der Waals surface area contributed by atoms with E-state index in [0.29, 0.717) is 6.04 Å². The van der Waals surface area contributed by atoms with Crippen molar-refractivity contribution in [2.75, 3.05) is 39.8 Å². The van der Waals surface area contributed by atoms with Crippen molar-refractivity contribution in [1.29, 1.82) is 0 Å². The summed E-state index contributed by atoms with van der Waals surface area (Å²) >= 11 is 0. The fourth-order valence-electron chi connectivity index (χ4n) is 4.09. The van der Waals surface area contributed by atoms with Crippen LogP contribution in [0.3, 0.4) is 0 Å². The van der Waals surface area contributed by atoms with Gasteiger partial charge in [-0.3, -0.25) is 9.69 Å². The van der Waals surface area contributed by atoms with E-state index < -0.39 is 0 Å². The molecule has 28 heavy (non-hydrogen) atoms. The third kappa shape index (κ3) is 5.43. The molecule has 0 unspecified atom stereocenters. The minimum absolute atomic E-state index is 0.0538. The number of carbonyl (C=O) groups excluding carboxylic acids is 1. The molecule has 1 fully saturated rings. The zero-order valence-corrected chi connectivity index (χ0v) is 17.2. The van der Waals surface area contributed by atoms with Crippen molar-refractivity contribution in [3.05, 3.63) is 71.8 Å². The molecule has 1 amide bonds. The highest BCUT2D eigenvalue weighted by Crippen LogP contribution is 2.25. The molecule has 2 aromatic rings. The largest absolute Gasteiger partial charge is 0.356 e. The Labute approximate surface area is 169 Å². The molecule has 0 spiro atoms. The number of nitrogens with one attached hydrogen (secondary N) is 1. The Hall–Kier alpha value is -2.17. The monoisotopic (exact) mass is 379 g/mol. The molecule has 0 saturated carbocycles. The summed E-state index contributed by atoms with van der Waals surface area (Å²) in [6, 6.07) is 21.3. The minimum atomic E-state index is -0.0538. The lowest BCUT2D eigenvalue weighted by Crippen LogP contribution is -2.47. The number of hydrogen-bond acceptors (Lipinski definition) is 3. The van der Waals surface area contributed by atoms with Gasteiger partial charge in [-0.2, -0.15) is 0 Å². The third-order valence-electron chi connectivity index (χ3n) is 5.73. The topological polar surface area (TPSA) is 35.6 Å². The highest BCUT2D eigenvalue weighted by Gasteiger charge is 2.26. The molecular formula is C24H33N3O. The van der Waals surface area contributed by atoms with Crippen LogP contribution in [0.5, 0.6) is 0 Å². The average Bonchev–Trinajstić information content (AvgIpc) is 2.74. The van der Waals surface area contributed by atoms with Crippen molar-refractivity contribution in [1.82, 2.24) is 15.1 Å². The van der Waals surface area contributed by atoms with E-state index in [4.69, 9.17) is 0 Å². The van der Waals surface area contributed by atoms with Crippen LogP contribution in [0.25, 0.3) is 0 Å². The molecular weight excluding hydrogens is 346 g/mol. The average molecular weight is 380 g/mol. The second kappa shape index (κ2) is 10.4. The summed E-state index contributed by atoms with van der Waals surface area (Å²) in [6.07, 6.45) is 1.80. The molecule has 0 aromatic heterocycles. The predicted molar refractivity (Wildman–Crippen MR) is 115 cm³/mol. The number of likely N-dealkylation sites (N-methyl/N-ethyl adjacent to an activating group) is 1.